The molecule has 1 fully saturated rings. The second-order valence-electron chi connectivity index (χ2n) is 6.96. The van der Waals surface area contributed by atoms with E-state index in [9.17, 15) is 0 Å². The lowest BCUT2D eigenvalue weighted by Crippen LogP contribution is -2.31. The van der Waals surface area contributed by atoms with Gasteiger partial charge in [-0.05, 0) is 36.6 Å². The molecule has 0 amide bonds. The highest BCUT2D eigenvalue weighted by atomic mass is 16.3. The van der Waals surface area contributed by atoms with Gasteiger partial charge in [0, 0.05) is 55.6 Å². The molecule has 3 aromatic heterocycles. The number of fused-ring (bicyclic) bond motifs is 1. The molecule has 4 heterocycles. The normalized spacial score (nSPS) is 17.4. The molecule has 1 aliphatic heterocycles. The maximum atomic E-state index is 5.39. The fraction of sp³-hybridized carbons (Fsp3) is 0.350. The van der Waals surface area contributed by atoms with E-state index >= 15 is 0 Å². The van der Waals surface area contributed by atoms with Gasteiger partial charge in [0.05, 0.1) is 6.26 Å². The lowest BCUT2D eigenvalue weighted by atomic mass is 10.1. The number of furan rings is 1. The third kappa shape index (κ3) is 3.07. The predicted octanol–water partition coefficient (Wildman–Crippen LogP) is 3.57. The van der Waals surface area contributed by atoms with Gasteiger partial charge in [-0.15, -0.1) is 0 Å². The summed E-state index contributed by atoms with van der Waals surface area (Å²) in [5.74, 6) is 2.49. The fourth-order valence-electron chi connectivity index (χ4n) is 3.41. The molecule has 1 saturated carbocycles. The molecule has 25 heavy (non-hydrogen) atoms. The van der Waals surface area contributed by atoms with Gasteiger partial charge in [0.25, 0.3) is 0 Å². The molecule has 0 aromatic carbocycles. The molecule has 0 spiro atoms. The van der Waals surface area contributed by atoms with E-state index in [-0.39, 0.29) is 0 Å². The molecule has 0 atom stereocenters. The molecule has 5 heteroatoms. The highest BCUT2D eigenvalue weighted by Gasteiger charge is 2.28. The minimum absolute atomic E-state index is 0.627. The maximum absolute atomic E-state index is 5.39. The molecule has 0 saturated heterocycles. The quantitative estimate of drug-likeness (QED) is 0.731. The van der Waals surface area contributed by atoms with Crippen LogP contribution in [0.25, 0.3) is 11.5 Å². The van der Waals surface area contributed by atoms with Crippen LogP contribution in [0.4, 0.5) is 0 Å². The van der Waals surface area contributed by atoms with Gasteiger partial charge >= 0.3 is 0 Å². The molecule has 5 rings (SSSR count). The predicted molar refractivity (Wildman–Crippen MR) is 93.8 cm³/mol. The molecule has 0 unspecified atom stereocenters. The smallest absolute Gasteiger partial charge is 0.152 e. The summed E-state index contributed by atoms with van der Waals surface area (Å²) in [4.78, 5) is 16.3. The highest BCUT2D eigenvalue weighted by Crippen LogP contribution is 2.38. The van der Waals surface area contributed by atoms with Crippen molar-refractivity contribution in [3.8, 4) is 11.5 Å². The first kappa shape index (κ1) is 14.8. The molecular formula is C20H20N4O. The summed E-state index contributed by atoms with van der Waals surface area (Å²) in [6.07, 6.45) is 9.18. The minimum atomic E-state index is 0.627. The van der Waals surface area contributed by atoms with Crippen molar-refractivity contribution in [2.45, 2.75) is 38.3 Å². The summed E-state index contributed by atoms with van der Waals surface area (Å²) in [5, 5.41) is 0. The lowest BCUT2D eigenvalue weighted by molar-refractivity contribution is 0.242. The Morgan fingerprint density at radius 3 is 2.84 bits per heavy atom. The second-order valence-corrected chi connectivity index (χ2v) is 6.96. The third-order valence-corrected chi connectivity index (χ3v) is 4.98. The Morgan fingerprint density at radius 2 is 2.08 bits per heavy atom. The minimum Gasteiger partial charge on any atom is -0.463 e. The zero-order valence-electron chi connectivity index (χ0n) is 14.1. The summed E-state index contributed by atoms with van der Waals surface area (Å²) in [5.41, 5.74) is 4.61. The fourth-order valence-corrected chi connectivity index (χ4v) is 3.41. The van der Waals surface area contributed by atoms with E-state index in [1.165, 1.54) is 29.7 Å². The van der Waals surface area contributed by atoms with Crippen LogP contribution >= 0.6 is 0 Å². The topological polar surface area (TPSA) is 55.1 Å². The molecule has 0 radical (unpaired) electrons. The Labute approximate surface area is 146 Å². The Kier molecular flexibility index (Phi) is 3.59. The SMILES string of the molecule is c1coc(-c2ccc(CN3CCc4nc(C5CC5)ncc4C3)cn2)c1. The molecule has 0 bridgehead atoms. The van der Waals surface area contributed by atoms with Gasteiger partial charge < -0.3 is 4.42 Å². The maximum Gasteiger partial charge on any atom is 0.152 e. The molecule has 2 aliphatic rings. The van der Waals surface area contributed by atoms with E-state index < -0.39 is 0 Å². The molecule has 1 aliphatic carbocycles. The van der Waals surface area contributed by atoms with Gasteiger partial charge in [0.2, 0.25) is 0 Å². The number of aromatic nitrogens is 3. The van der Waals surface area contributed by atoms with Crippen LogP contribution < -0.4 is 0 Å². The van der Waals surface area contributed by atoms with Gasteiger partial charge in [0.1, 0.15) is 11.5 Å². The first-order valence-corrected chi connectivity index (χ1v) is 8.91. The Hall–Kier alpha value is -2.53. The van der Waals surface area contributed by atoms with Crippen molar-refractivity contribution in [2.24, 2.45) is 0 Å². The van der Waals surface area contributed by atoms with E-state index in [1.807, 2.05) is 30.6 Å². The largest absolute Gasteiger partial charge is 0.463 e. The summed E-state index contributed by atoms with van der Waals surface area (Å²) in [6.45, 7) is 2.85. The van der Waals surface area contributed by atoms with Crippen LogP contribution in [0.1, 0.15) is 41.4 Å². The Bertz CT molecular complexity index is 869. The monoisotopic (exact) mass is 332 g/mol. The average Bonchev–Trinajstić information content (AvgIpc) is 3.36. The van der Waals surface area contributed by atoms with E-state index in [2.05, 4.69) is 20.9 Å². The van der Waals surface area contributed by atoms with Crippen molar-refractivity contribution in [2.75, 3.05) is 6.54 Å². The van der Waals surface area contributed by atoms with E-state index in [4.69, 9.17) is 9.40 Å². The van der Waals surface area contributed by atoms with Crippen molar-refractivity contribution < 1.29 is 4.42 Å². The molecule has 5 nitrogen and oxygen atoms in total. The molecule has 126 valence electrons. The van der Waals surface area contributed by atoms with E-state index in [0.29, 0.717) is 5.92 Å². The lowest BCUT2D eigenvalue weighted by Gasteiger charge is -2.28. The second kappa shape index (κ2) is 6.08. The van der Waals surface area contributed by atoms with Crippen LogP contribution in [-0.2, 0) is 19.5 Å². The molecule has 3 aromatic rings. The van der Waals surface area contributed by atoms with Crippen LogP contribution in [0.5, 0.6) is 0 Å². The summed E-state index contributed by atoms with van der Waals surface area (Å²) < 4.78 is 5.39. The number of hydrogen-bond acceptors (Lipinski definition) is 5. The van der Waals surface area contributed by atoms with Crippen molar-refractivity contribution in [3.05, 3.63) is 65.6 Å². The molecule has 0 N–H and O–H groups in total. The first-order valence-electron chi connectivity index (χ1n) is 8.91. The summed E-state index contributed by atoms with van der Waals surface area (Å²) >= 11 is 0. The van der Waals surface area contributed by atoms with Crippen molar-refractivity contribution in [1.29, 1.82) is 0 Å². The van der Waals surface area contributed by atoms with Gasteiger partial charge in [0.15, 0.2) is 5.76 Å². The Morgan fingerprint density at radius 1 is 1.12 bits per heavy atom. The van der Waals surface area contributed by atoms with Crippen molar-refractivity contribution >= 4 is 0 Å². The molecular weight excluding hydrogens is 312 g/mol. The van der Waals surface area contributed by atoms with Crippen LogP contribution in [0.3, 0.4) is 0 Å². The van der Waals surface area contributed by atoms with Gasteiger partial charge in [-0.2, -0.15) is 0 Å². The highest BCUT2D eigenvalue weighted by molar-refractivity contribution is 5.51. The van der Waals surface area contributed by atoms with E-state index in [1.54, 1.807) is 6.26 Å². The van der Waals surface area contributed by atoms with Gasteiger partial charge in [-0.25, -0.2) is 9.97 Å². The van der Waals surface area contributed by atoms with Gasteiger partial charge in [-0.1, -0.05) is 6.07 Å². The third-order valence-electron chi connectivity index (χ3n) is 4.98. The number of pyridine rings is 1. The number of nitrogens with zero attached hydrogens (tertiary/aromatic N) is 4. The van der Waals surface area contributed by atoms with Gasteiger partial charge in [-0.3, -0.25) is 9.88 Å². The van der Waals surface area contributed by atoms with Crippen molar-refractivity contribution in [1.82, 2.24) is 19.9 Å². The summed E-state index contributed by atoms with van der Waals surface area (Å²) in [6, 6.07) is 7.97. The summed E-state index contributed by atoms with van der Waals surface area (Å²) in [7, 11) is 0. The number of rotatable bonds is 4. The van der Waals surface area contributed by atoms with Crippen molar-refractivity contribution in [3.63, 3.8) is 0 Å². The average molecular weight is 332 g/mol. The first-order chi connectivity index (χ1) is 12.3. The van der Waals surface area contributed by atoms with Crippen LogP contribution in [0.15, 0.2) is 47.3 Å². The zero-order valence-corrected chi connectivity index (χ0v) is 14.1. The van der Waals surface area contributed by atoms with Crippen LogP contribution in [0.2, 0.25) is 0 Å². The van der Waals surface area contributed by atoms with Crippen LogP contribution in [-0.4, -0.2) is 26.4 Å². The zero-order chi connectivity index (χ0) is 16.6. The Balaban J connectivity index is 1.27. The standard InChI is InChI=1S/C20H20N4O/c1-2-19(25-9-1)18-6-3-14(10-21-18)12-24-8-7-17-16(13-24)11-22-20(23-17)15-4-5-15/h1-3,6,9-11,15H,4-5,7-8,12-13H2. The van der Waals surface area contributed by atoms with E-state index in [0.717, 1.165) is 43.3 Å². The number of hydrogen-bond donors (Lipinski definition) is 0. The van der Waals surface area contributed by atoms with Crippen LogP contribution in [0, 0.1) is 0 Å².